The van der Waals surface area contributed by atoms with Crippen LogP contribution in [-0.2, 0) is 0 Å². The number of fused-ring (bicyclic) bond motifs is 1. The Hall–Kier alpha value is -3.08. The number of amides is 1. The number of ether oxygens (including phenoxy) is 1. The van der Waals surface area contributed by atoms with Gasteiger partial charge in [0.2, 0.25) is 0 Å². The summed E-state index contributed by atoms with van der Waals surface area (Å²) < 4.78 is 10.9. The third kappa shape index (κ3) is 4.37. The molecule has 1 amide bonds. The Morgan fingerprint density at radius 1 is 1.11 bits per heavy atom. The average molecular weight is 365 g/mol. The average Bonchev–Trinajstić information content (AvgIpc) is 2.66. The number of nitrogens with one attached hydrogen (secondary N) is 1. The lowest BCUT2D eigenvalue weighted by Gasteiger charge is -2.09. The third-order valence-electron chi connectivity index (χ3n) is 4.26. The summed E-state index contributed by atoms with van der Waals surface area (Å²) in [5.74, 6) is 0.553. The monoisotopic (exact) mass is 365 g/mol. The molecule has 1 heterocycles. The van der Waals surface area contributed by atoms with Crippen molar-refractivity contribution >= 4 is 22.6 Å². The molecule has 0 unspecified atom stereocenters. The van der Waals surface area contributed by atoms with Crippen LogP contribution in [0.25, 0.3) is 11.0 Å². The molecule has 0 aliphatic heterocycles. The van der Waals surface area contributed by atoms with Crippen LogP contribution in [0.3, 0.4) is 0 Å². The molecule has 1 aromatic heterocycles. The van der Waals surface area contributed by atoms with Gasteiger partial charge in [0.25, 0.3) is 5.91 Å². The standard InChI is InChI=1S/C22H23NO4/c1-4-11-26-18-10-7-16-12-19(22(25)27-20(16)13-18)21(24)23-17-8-5-15(6-9-17)14(2)3/h5-10,12-14H,4,11H2,1-3H3,(H,23,24). The van der Waals surface area contributed by atoms with Gasteiger partial charge in [0, 0.05) is 17.1 Å². The fraction of sp³-hybridized carbons (Fsp3) is 0.273. The van der Waals surface area contributed by atoms with Gasteiger partial charge in [0.1, 0.15) is 16.9 Å². The van der Waals surface area contributed by atoms with Gasteiger partial charge in [-0.25, -0.2) is 4.79 Å². The molecule has 2 aromatic carbocycles. The highest BCUT2D eigenvalue weighted by atomic mass is 16.5. The highest BCUT2D eigenvalue weighted by Gasteiger charge is 2.14. The lowest BCUT2D eigenvalue weighted by molar-refractivity contribution is 0.102. The number of hydrogen-bond donors (Lipinski definition) is 1. The number of carbonyl (C=O) groups is 1. The molecule has 0 spiro atoms. The zero-order chi connectivity index (χ0) is 19.4. The predicted octanol–water partition coefficient (Wildman–Crippen LogP) is 4.96. The second kappa shape index (κ2) is 8.08. The largest absolute Gasteiger partial charge is 0.493 e. The smallest absolute Gasteiger partial charge is 0.349 e. The number of carbonyl (C=O) groups excluding carboxylic acids is 1. The first kappa shape index (κ1) is 18.7. The minimum absolute atomic E-state index is 0.0299. The number of rotatable bonds is 6. The number of hydrogen-bond acceptors (Lipinski definition) is 4. The van der Waals surface area contributed by atoms with Crippen molar-refractivity contribution in [3.63, 3.8) is 0 Å². The summed E-state index contributed by atoms with van der Waals surface area (Å²) in [4.78, 5) is 24.8. The molecule has 0 saturated heterocycles. The second-order valence-corrected chi connectivity index (χ2v) is 6.73. The first-order valence-corrected chi connectivity index (χ1v) is 9.10. The predicted molar refractivity (Wildman–Crippen MR) is 107 cm³/mol. The van der Waals surface area contributed by atoms with Crippen molar-refractivity contribution in [2.45, 2.75) is 33.1 Å². The second-order valence-electron chi connectivity index (χ2n) is 6.73. The van der Waals surface area contributed by atoms with Gasteiger partial charge in [-0.05, 0) is 48.2 Å². The van der Waals surface area contributed by atoms with Gasteiger partial charge in [-0.3, -0.25) is 4.79 Å². The molecule has 27 heavy (non-hydrogen) atoms. The van der Waals surface area contributed by atoms with E-state index in [0.29, 0.717) is 34.9 Å². The van der Waals surface area contributed by atoms with Crippen LogP contribution in [0.5, 0.6) is 5.75 Å². The van der Waals surface area contributed by atoms with E-state index in [4.69, 9.17) is 9.15 Å². The van der Waals surface area contributed by atoms with Crippen LogP contribution in [0.2, 0.25) is 0 Å². The summed E-state index contributed by atoms with van der Waals surface area (Å²) in [6.07, 6.45) is 0.888. The molecular weight excluding hydrogens is 342 g/mol. The fourth-order valence-electron chi connectivity index (χ4n) is 2.71. The van der Waals surface area contributed by atoms with Gasteiger partial charge in [0.15, 0.2) is 0 Å². The van der Waals surface area contributed by atoms with E-state index in [1.807, 2.05) is 31.2 Å². The van der Waals surface area contributed by atoms with E-state index in [1.165, 1.54) is 5.56 Å². The summed E-state index contributed by atoms with van der Waals surface area (Å²) in [5, 5.41) is 3.41. The maximum Gasteiger partial charge on any atom is 0.349 e. The molecule has 0 fully saturated rings. The Balaban J connectivity index is 1.83. The van der Waals surface area contributed by atoms with Crippen LogP contribution in [0, 0.1) is 0 Å². The summed E-state index contributed by atoms with van der Waals surface area (Å²) in [6, 6.07) is 14.4. The Morgan fingerprint density at radius 2 is 1.85 bits per heavy atom. The summed E-state index contributed by atoms with van der Waals surface area (Å²) in [5.41, 5.74) is 1.50. The topological polar surface area (TPSA) is 68.5 Å². The minimum Gasteiger partial charge on any atom is -0.493 e. The van der Waals surface area contributed by atoms with Gasteiger partial charge >= 0.3 is 5.63 Å². The molecule has 0 atom stereocenters. The Kier molecular flexibility index (Phi) is 5.60. The summed E-state index contributed by atoms with van der Waals surface area (Å²) in [6.45, 7) is 6.81. The van der Waals surface area contributed by atoms with E-state index in [0.717, 1.165) is 6.42 Å². The van der Waals surface area contributed by atoms with Crippen molar-refractivity contribution in [3.05, 3.63) is 70.1 Å². The van der Waals surface area contributed by atoms with Crippen LogP contribution in [0.15, 0.2) is 57.7 Å². The molecule has 5 heteroatoms. The zero-order valence-corrected chi connectivity index (χ0v) is 15.7. The van der Waals surface area contributed by atoms with Crippen molar-refractivity contribution in [1.82, 2.24) is 0 Å². The molecule has 1 N–H and O–H groups in total. The van der Waals surface area contributed by atoms with E-state index >= 15 is 0 Å². The summed E-state index contributed by atoms with van der Waals surface area (Å²) >= 11 is 0. The molecule has 0 radical (unpaired) electrons. The van der Waals surface area contributed by atoms with Crippen molar-refractivity contribution in [1.29, 1.82) is 0 Å². The van der Waals surface area contributed by atoms with E-state index in [9.17, 15) is 9.59 Å². The van der Waals surface area contributed by atoms with Gasteiger partial charge in [-0.15, -0.1) is 0 Å². The van der Waals surface area contributed by atoms with E-state index in [2.05, 4.69) is 19.2 Å². The highest BCUT2D eigenvalue weighted by molar-refractivity contribution is 6.05. The lowest BCUT2D eigenvalue weighted by atomic mass is 10.0. The van der Waals surface area contributed by atoms with Gasteiger partial charge in [0.05, 0.1) is 6.61 Å². The molecular formula is C22H23NO4. The van der Waals surface area contributed by atoms with Crippen LogP contribution < -0.4 is 15.7 Å². The first-order chi connectivity index (χ1) is 13.0. The number of benzene rings is 2. The van der Waals surface area contributed by atoms with Crippen molar-refractivity contribution in [3.8, 4) is 5.75 Å². The zero-order valence-electron chi connectivity index (χ0n) is 15.7. The van der Waals surface area contributed by atoms with Crippen molar-refractivity contribution in [2.24, 2.45) is 0 Å². The normalized spacial score (nSPS) is 11.0. The molecule has 0 aliphatic carbocycles. The molecule has 140 valence electrons. The first-order valence-electron chi connectivity index (χ1n) is 9.10. The summed E-state index contributed by atoms with van der Waals surface area (Å²) in [7, 11) is 0. The van der Waals surface area contributed by atoms with Gasteiger partial charge < -0.3 is 14.5 Å². The van der Waals surface area contributed by atoms with E-state index < -0.39 is 11.5 Å². The molecule has 3 rings (SSSR count). The lowest BCUT2D eigenvalue weighted by Crippen LogP contribution is -2.20. The van der Waals surface area contributed by atoms with Crippen LogP contribution >= 0.6 is 0 Å². The van der Waals surface area contributed by atoms with Gasteiger partial charge in [-0.1, -0.05) is 32.9 Å². The quantitative estimate of drug-likeness (QED) is 0.627. The SMILES string of the molecule is CCCOc1ccc2cc(C(=O)Nc3ccc(C(C)C)cc3)c(=O)oc2c1. The Labute approximate surface area is 158 Å². The Morgan fingerprint density at radius 3 is 2.52 bits per heavy atom. The van der Waals surface area contributed by atoms with Crippen molar-refractivity contribution < 1.29 is 13.9 Å². The molecule has 5 nitrogen and oxygen atoms in total. The molecule has 0 saturated carbocycles. The maximum absolute atomic E-state index is 12.5. The van der Waals surface area contributed by atoms with Crippen LogP contribution in [0.1, 0.15) is 49.0 Å². The van der Waals surface area contributed by atoms with E-state index in [-0.39, 0.29) is 5.56 Å². The number of anilines is 1. The minimum atomic E-state index is -0.675. The molecule has 3 aromatic rings. The maximum atomic E-state index is 12.5. The van der Waals surface area contributed by atoms with Gasteiger partial charge in [-0.2, -0.15) is 0 Å². The van der Waals surface area contributed by atoms with E-state index in [1.54, 1.807) is 24.3 Å². The molecule has 0 bridgehead atoms. The fourth-order valence-corrected chi connectivity index (χ4v) is 2.71. The van der Waals surface area contributed by atoms with Crippen LogP contribution in [0.4, 0.5) is 5.69 Å². The van der Waals surface area contributed by atoms with Crippen LogP contribution in [-0.4, -0.2) is 12.5 Å². The highest BCUT2D eigenvalue weighted by Crippen LogP contribution is 2.22. The molecule has 0 aliphatic rings. The Bertz CT molecular complexity index is 1000. The third-order valence-corrected chi connectivity index (χ3v) is 4.26. The van der Waals surface area contributed by atoms with Crippen molar-refractivity contribution in [2.75, 3.05) is 11.9 Å².